The first-order chi connectivity index (χ1) is 8.24. The fraction of sp³-hybridized carbons (Fsp3) is 0.250. The molecule has 0 radical (unpaired) electrons. The highest BCUT2D eigenvalue weighted by Crippen LogP contribution is 2.17. The third-order valence-corrected chi connectivity index (χ3v) is 4.18. The molecular weight excluding hydrogens is 254 g/mol. The van der Waals surface area contributed by atoms with E-state index in [0.717, 1.165) is 18.0 Å². The van der Waals surface area contributed by atoms with Crippen LogP contribution in [0.25, 0.3) is 0 Å². The lowest BCUT2D eigenvalue weighted by Gasteiger charge is -1.99. The van der Waals surface area contributed by atoms with Gasteiger partial charge in [-0.3, -0.25) is 4.79 Å². The van der Waals surface area contributed by atoms with Gasteiger partial charge in [-0.15, -0.1) is 22.7 Å². The van der Waals surface area contributed by atoms with E-state index in [1.54, 1.807) is 22.7 Å². The summed E-state index contributed by atoms with van der Waals surface area (Å²) in [7, 11) is 0. The van der Waals surface area contributed by atoms with Crippen LogP contribution in [0.1, 0.15) is 14.6 Å². The van der Waals surface area contributed by atoms with Crippen LogP contribution in [-0.2, 0) is 24.3 Å². The zero-order valence-electron chi connectivity index (χ0n) is 9.18. The van der Waals surface area contributed by atoms with Crippen molar-refractivity contribution >= 4 is 28.6 Å². The summed E-state index contributed by atoms with van der Waals surface area (Å²) in [5.74, 6) is -0.773. The average Bonchev–Trinajstić information content (AvgIpc) is 2.89. The SMILES string of the molecule is O=C(O)Cc1ccc(CNCc2cccs2)s1. The van der Waals surface area contributed by atoms with Gasteiger partial charge in [0, 0.05) is 27.7 Å². The van der Waals surface area contributed by atoms with E-state index in [2.05, 4.69) is 16.8 Å². The van der Waals surface area contributed by atoms with E-state index in [0.29, 0.717) is 0 Å². The molecule has 5 heteroatoms. The van der Waals surface area contributed by atoms with Crippen molar-refractivity contribution in [1.82, 2.24) is 5.32 Å². The van der Waals surface area contributed by atoms with Gasteiger partial charge in [-0.05, 0) is 23.6 Å². The second kappa shape index (κ2) is 5.95. The minimum Gasteiger partial charge on any atom is -0.481 e. The molecule has 0 saturated carbocycles. The van der Waals surface area contributed by atoms with Gasteiger partial charge in [-0.25, -0.2) is 0 Å². The zero-order chi connectivity index (χ0) is 12.1. The van der Waals surface area contributed by atoms with Crippen molar-refractivity contribution in [2.75, 3.05) is 0 Å². The third kappa shape index (κ3) is 3.96. The highest BCUT2D eigenvalue weighted by atomic mass is 32.1. The van der Waals surface area contributed by atoms with Crippen LogP contribution in [0.2, 0.25) is 0 Å². The summed E-state index contributed by atoms with van der Waals surface area (Å²) in [6.45, 7) is 1.66. The van der Waals surface area contributed by atoms with Crippen LogP contribution in [-0.4, -0.2) is 11.1 Å². The Balaban J connectivity index is 1.79. The lowest BCUT2D eigenvalue weighted by molar-refractivity contribution is -0.136. The Morgan fingerprint density at radius 1 is 1.18 bits per heavy atom. The summed E-state index contributed by atoms with van der Waals surface area (Å²) in [6, 6.07) is 8.02. The number of hydrogen-bond donors (Lipinski definition) is 2. The van der Waals surface area contributed by atoms with Crippen LogP contribution >= 0.6 is 22.7 Å². The average molecular weight is 267 g/mol. The lowest BCUT2D eigenvalue weighted by atomic mass is 10.3. The van der Waals surface area contributed by atoms with Crippen LogP contribution in [0.3, 0.4) is 0 Å². The maximum atomic E-state index is 10.5. The van der Waals surface area contributed by atoms with Crippen molar-refractivity contribution in [2.24, 2.45) is 0 Å². The molecule has 2 aromatic rings. The molecule has 3 nitrogen and oxygen atoms in total. The molecule has 0 amide bonds. The Morgan fingerprint density at radius 2 is 1.94 bits per heavy atom. The van der Waals surface area contributed by atoms with Gasteiger partial charge in [0.2, 0.25) is 0 Å². The zero-order valence-corrected chi connectivity index (χ0v) is 10.8. The van der Waals surface area contributed by atoms with Crippen LogP contribution in [0.5, 0.6) is 0 Å². The van der Waals surface area contributed by atoms with Crippen LogP contribution in [0.4, 0.5) is 0 Å². The largest absolute Gasteiger partial charge is 0.481 e. The Labute approximate surface area is 108 Å². The Bertz CT molecular complexity index is 476. The van der Waals surface area contributed by atoms with Crippen LogP contribution in [0.15, 0.2) is 29.6 Å². The van der Waals surface area contributed by atoms with Crippen molar-refractivity contribution in [2.45, 2.75) is 19.5 Å². The van der Waals surface area contributed by atoms with Crippen molar-refractivity contribution in [1.29, 1.82) is 0 Å². The minimum atomic E-state index is -0.773. The second-order valence-electron chi connectivity index (χ2n) is 3.62. The molecule has 2 rings (SSSR count). The molecule has 2 heterocycles. The maximum Gasteiger partial charge on any atom is 0.308 e. The molecule has 2 N–H and O–H groups in total. The molecule has 0 fully saturated rings. The predicted octanol–water partition coefficient (Wildman–Crippen LogP) is 2.73. The van der Waals surface area contributed by atoms with E-state index in [-0.39, 0.29) is 6.42 Å². The fourth-order valence-corrected chi connectivity index (χ4v) is 3.14. The molecule has 0 aliphatic carbocycles. The van der Waals surface area contributed by atoms with Gasteiger partial charge in [0.15, 0.2) is 0 Å². The highest BCUT2D eigenvalue weighted by Gasteiger charge is 2.04. The fourth-order valence-electron chi connectivity index (χ4n) is 1.48. The Morgan fingerprint density at radius 3 is 2.65 bits per heavy atom. The van der Waals surface area contributed by atoms with Crippen molar-refractivity contribution in [3.8, 4) is 0 Å². The highest BCUT2D eigenvalue weighted by molar-refractivity contribution is 7.12. The molecule has 2 aromatic heterocycles. The smallest absolute Gasteiger partial charge is 0.308 e. The lowest BCUT2D eigenvalue weighted by Crippen LogP contribution is -2.10. The topological polar surface area (TPSA) is 49.3 Å². The maximum absolute atomic E-state index is 10.5. The Hall–Kier alpha value is -1.17. The number of rotatable bonds is 6. The van der Waals surface area contributed by atoms with Gasteiger partial charge in [-0.1, -0.05) is 6.07 Å². The van der Waals surface area contributed by atoms with Crippen molar-refractivity contribution < 1.29 is 9.90 Å². The summed E-state index contributed by atoms with van der Waals surface area (Å²) < 4.78 is 0. The number of thiophene rings is 2. The van der Waals surface area contributed by atoms with Crippen molar-refractivity contribution in [3.63, 3.8) is 0 Å². The molecule has 0 aromatic carbocycles. The summed E-state index contributed by atoms with van der Waals surface area (Å²) in [4.78, 5) is 13.9. The third-order valence-electron chi connectivity index (χ3n) is 2.22. The predicted molar refractivity (Wildman–Crippen MR) is 70.5 cm³/mol. The minimum absolute atomic E-state index is 0.121. The Kier molecular flexibility index (Phi) is 4.30. The number of carbonyl (C=O) groups is 1. The van der Waals surface area contributed by atoms with Gasteiger partial charge in [0.25, 0.3) is 0 Å². The van der Waals surface area contributed by atoms with E-state index in [1.165, 1.54) is 9.75 Å². The summed E-state index contributed by atoms with van der Waals surface area (Å²) in [5, 5.41) is 14.1. The number of aliphatic carboxylic acids is 1. The van der Waals surface area contributed by atoms with Gasteiger partial charge in [0.1, 0.15) is 0 Å². The van der Waals surface area contributed by atoms with E-state index in [4.69, 9.17) is 5.11 Å². The van der Waals surface area contributed by atoms with E-state index >= 15 is 0 Å². The van der Waals surface area contributed by atoms with E-state index in [9.17, 15) is 4.79 Å². The molecule has 0 atom stereocenters. The van der Waals surface area contributed by atoms with Gasteiger partial charge < -0.3 is 10.4 Å². The quantitative estimate of drug-likeness (QED) is 0.846. The monoisotopic (exact) mass is 267 g/mol. The van der Waals surface area contributed by atoms with E-state index < -0.39 is 5.97 Å². The molecular formula is C12H13NO2S2. The number of carboxylic acid groups (broad SMARTS) is 1. The number of carboxylic acids is 1. The number of hydrogen-bond acceptors (Lipinski definition) is 4. The molecule has 90 valence electrons. The molecule has 0 aliphatic heterocycles. The molecule has 0 aliphatic rings. The first-order valence-electron chi connectivity index (χ1n) is 5.26. The van der Waals surface area contributed by atoms with E-state index in [1.807, 2.05) is 18.2 Å². The molecule has 0 unspecified atom stereocenters. The molecule has 0 saturated heterocycles. The first-order valence-corrected chi connectivity index (χ1v) is 6.96. The number of nitrogens with one attached hydrogen (secondary N) is 1. The van der Waals surface area contributed by atoms with Crippen LogP contribution in [0, 0.1) is 0 Å². The van der Waals surface area contributed by atoms with Gasteiger partial charge >= 0.3 is 5.97 Å². The molecule has 0 spiro atoms. The van der Waals surface area contributed by atoms with Crippen LogP contribution < -0.4 is 5.32 Å². The molecule has 17 heavy (non-hydrogen) atoms. The van der Waals surface area contributed by atoms with Crippen molar-refractivity contribution in [3.05, 3.63) is 44.3 Å². The van der Waals surface area contributed by atoms with Gasteiger partial charge in [0.05, 0.1) is 6.42 Å². The second-order valence-corrected chi connectivity index (χ2v) is 5.91. The van der Waals surface area contributed by atoms with Gasteiger partial charge in [-0.2, -0.15) is 0 Å². The first kappa shape index (κ1) is 12.3. The standard InChI is InChI=1S/C12H13NO2S2/c14-12(15)6-9-3-4-11(17-9)8-13-7-10-2-1-5-16-10/h1-5,13H,6-8H2,(H,14,15). The molecule has 0 bridgehead atoms. The summed E-state index contributed by atoms with van der Waals surface area (Å²) in [5.41, 5.74) is 0. The normalized spacial score (nSPS) is 10.6. The summed E-state index contributed by atoms with van der Waals surface area (Å²) in [6.07, 6.45) is 0.121. The summed E-state index contributed by atoms with van der Waals surface area (Å²) >= 11 is 3.29.